The van der Waals surface area contributed by atoms with E-state index in [1.54, 1.807) is 0 Å². The number of carbonyl (C=O) groups is 1. The van der Waals surface area contributed by atoms with Gasteiger partial charge in [0.15, 0.2) is 0 Å². The summed E-state index contributed by atoms with van der Waals surface area (Å²) in [6.45, 7) is 2.32. The predicted molar refractivity (Wildman–Crippen MR) is 66.8 cm³/mol. The van der Waals surface area contributed by atoms with E-state index < -0.39 is 5.97 Å². The Labute approximate surface area is 106 Å². The van der Waals surface area contributed by atoms with E-state index in [0.717, 1.165) is 17.9 Å². The summed E-state index contributed by atoms with van der Waals surface area (Å²) < 4.78 is 9.74. The van der Waals surface area contributed by atoms with Gasteiger partial charge in [0.05, 0.1) is 19.8 Å². The molecule has 0 aliphatic rings. The average molecular weight is 249 g/mol. The van der Waals surface area contributed by atoms with Gasteiger partial charge in [-0.05, 0) is 24.2 Å². The van der Waals surface area contributed by atoms with Crippen molar-refractivity contribution in [1.82, 2.24) is 0 Å². The fraction of sp³-hybridized carbons (Fsp3) is 0.231. The summed E-state index contributed by atoms with van der Waals surface area (Å²) in [6.07, 6.45) is 2.26. The standard InChI is InChI=1S/C13H15NO4/c1-3-17-13(11-7-5-4-6-8-11)14-18-10-9-12(15)16-2/h4-10H,3H2,1-2H3/b10-9+,14-13+. The number of benzene rings is 1. The minimum Gasteiger partial charge on any atom is -0.475 e. The van der Waals surface area contributed by atoms with Gasteiger partial charge in [0.25, 0.3) is 5.90 Å². The first-order chi connectivity index (χ1) is 8.77. The van der Waals surface area contributed by atoms with E-state index in [4.69, 9.17) is 9.57 Å². The molecule has 0 saturated carbocycles. The van der Waals surface area contributed by atoms with E-state index >= 15 is 0 Å². The molecule has 5 nitrogen and oxygen atoms in total. The van der Waals surface area contributed by atoms with Crippen molar-refractivity contribution < 1.29 is 19.1 Å². The first-order valence-corrected chi connectivity index (χ1v) is 5.44. The maximum absolute atomic E-state index is 10.8. The summed E-state index contributed by atoms with van der Waals surface area (Å²) in [4.78, 5) is 15.6. The van der Waals surface area contributed by atoms with Crippen LogP contribution in [0.1, 0.15) is 12.5 Å². The second-order valence-electron chi connectivity index (χ2n) is 3.13. The molecule has 0 N–H and O–H groups in total. The van der Waals surface area contributed by atoms with Crippen LogP contribution in [0.4, 0.5) is 0 Å². The minimum absolute atomic E-state index is 0.354. The van der Waals surface area contributed by atoms with Gasteiger partial charge < -0.3 is 14.3 Å². The van der Waals surface area contributed by atoms with E-state index in [1.165, 1.54) is 7.11 Å². The molecule has 0 bridgehead atoms. The molecule has 0 spiro atoms. The highest BCUT2D eigenvalue weighted by Crippen LogP contribution is 2.03. The molecule has 96 valence electrons. The number of oxime groups is 1. The number of carbonyl (C=O) groups excluding carboxylic acids is 1. The second kappa shape index (κ2) is 7.89. The van der Waals surface area contributed by atoms with Crippen LogP contribution in [-0.4, -0.2) is 25.6 Å². The van der Waals surface area contributed by atoms with Crippen LogP contribution in [-0.2, 0) is 19.1 Å². The summed E-state index contributed by atoms with van der Waals surface area (Å²) in [7, 11) is 1.28. The largest absolute Gasteiger partial charge is 0.475 e. The quantitative estimate of drug-likeness (QED) is 0.200. The molecule has 5 heteroatoms. The molecular formula is C13H15NO4. The van der Waals surface area contributed by atoms with Crippen molar-refractivity contribution >= 4 is 11.9 Å². The monoisotopic (exact) mass is 249 g/mol. The van der Waals surface area contributed by atoms with Crippen molar-refractivity contribution in [2.45, 2.75) is 6.92 Å². The number of ether oxygens (including phenoxy) is 2. The minimum atomic E-state index is -0.511. The molecule has 0 atom stereocenters. The average Bonchev–Trinajstić information content (AvgIpc) is 2.43. The Balaban J connectivity index is 2.68. The molecule has 0 amide bonds. The molecule has 0 radical (unpaired) electrons. The van der Waals surface area contributed by atoms with Crippen LogP contribution in [0.2, 0.25) is 0 Å². The highest BCUT2D eigenvalue weighted by atomic mass is 16.6. The molecule has 1 aromatic rings. The van der Waals surface area contributed by atoms with Gasteiger partial charge in [-0.25, -0.2) is 4.79 Å². The second-order valence-corrected chi connectivity index (χ2v) is 3.13. The first-order valence-electron chi connectivity index (χ1n) is 5.44. The smallest absolute Gasteiger partial charge is 0.333 e. The van der Waals surface area contributed by atoms with E-state index in [0.29, 0.717) is 12.5 Å². The van der Waals surface area contributed by atoms with Crippen LogP contribution in [0, 0.1) is 0 Å². The molecule has 1 aromatic carbocycles. The maximum atomic E-state index is 10.8. The molecule has 0 aromatic heterocycles. The van der Waals surface area contributed by atoms with Gasteiger partial charge in [0.1, 0.15) is 6.26 Å². The number of hydrogen-bond acceptors (Lipinski definition) is 5. The van der Waals surface area contributed by atoms with E-state index in [9.17, 15) is 4.79 Å². The molecule has 0 fully saturated rings. The van der Waals surface area contributed by atoms with Crippen molar-refractivity contribution in [2.24, 2.45) is 5.16 Å². The molecule has 1 rings (SSSR count). The van der Waals surface area contributed by atoms with Gasteiger partial charge in [-0.15, -0.1) is 0 Å². The van der Waals surface area contributed by atoms with Crippen molar-refractivity contribution in [1.29, 1.82) is 0 Å². The number of methoxy groups -OCH3 is 1. The van der Waals surface area contributed by atoms with Crippen molar-refractivity contribution in [3.05, 3.63) is 48.2 Å². The Kier molecular flexibility index (Phi) is 6.03. The summed E-state index contributed by atoms with van der Waals surface area (Å²) in [5.41, 5.74) is 0.797. The van der Waals surface area contributed by atoms with Gasteiger partial charge in [-0.2, -0.15) is 0 Å². The zero-order chi connectivity index (χ0) is 13.2. The lowest BCUT2D eigenvalue weighted by Gasteiger charge is -2.05. The summed E-state index contributed by atoms with van der Waals surface area (Å²) in [5.74, 6) is -0.157. The highest BCUT2D eigenvalue weighted by Gasteiger charge is 2.03. The molecule has 0 heterocycles. The zero-order valence-corrected chi connectivity index (χ0v) is 10.3. The van der Waals surface area contributed by atoms with Gasteiger partial charge in [0.2, 0.25) is 0 Å². The number of esters is 1. The third-order valence-electron chi connectivity index (χ3n) is 1.90. The van der Waals surface area contributed by atoms with Crippen LogP contribution in [0.3, 0.4) is 0 Å². The van der Waals surface area contributed by atoms with Gasteiger partial charge in [-0.1, -0.05) is 18.2 Å². The predicted octanol–water partition coefficient (Wildman–Crippen LogP) is 2.09. The van der Waals surface area contributed by atoms with Crippen LogP contribution in [0.25, 0.3) is 0 Å². The third kappa shape index (κ3) is 4.69. The molecule has 18 heavy (non-hydrogen) atoms. The third-order valence-corrected chi connectivity index (χ3v) is 1.90. The maximum Gasteiger partial charge on any atom is 0.333 e. The number of rotatable bonds is 5. The number of hydrogen-bond donors (Lipinski definition) is 0. The SMILES string of the molecule is CCO/C(=N/O/C=C/C(=O)OC)c1ccccc1. The lowest BCUT2D eigenvalue weighted by molar-refractivity contribution is -0.135. The van der Waals surface area contributed by atoms with Gasteiger partial charge in [-0.3, -0.25) is 0 Å². The Morgan fingerprint density at radius 3 is 2.67 bits per heavy atom. The normalized spacial score (nSPS) is 11.3. The molecule has 0 saturated heterocycles. The van der Waals surface area contributed by atoms with E-state index in [2.05, 4.69) is 9.89 Å². The zero-order valence-electron chi connectivity index (χ0n) is 10.3. The Bertz CT molecular complexity index is 426. The highest BCUT2D eigenvalue weighted by molar-refractivity contribution is 5.93. The van der Waals surface area contributed by atoms with Crippen LogP contribution in [0.15, 0.2) is 47.8 Å². The lowest BCUT2D eigenvalue weighted by atomic mass is 10.2. The van der Waals surface area contributed by atoms with Crippen LogP contribution < -0.4 is 0 Å². The molecular weight excluding hydrogens is 234 g/mol. The van der Waals surface area contributed by atoms with Crippen molar-refractivity contribution in [3.8, 4) is 0 Å². The Hall–Kier alpha value is -2.30. The number of nitrogens with zero attached hydrogens (tertiary/aromatic N) is 1. The molecule has 0 aliphatic heterocycles. The molecule has 0 unspecified atom stereocenters. The topological polar surface area (TPSA) is 57.1 Å². The summed E-state index contributed by atoms with van der Waals surface area (Å²) in [6, 6.07) is 9.33. The van der Waals surface area contributed by atoms with Crippen molar-refractivity contribution in [2.75, 3.05) is 13.7 Å². The van der Waals surface area contributed by atoms with Gasteiger partial charge >= 0.3 is 5.97 Å². The lowest BCUT2D eigenvalue weighted by Crippen LogP contribution is -2.06. The van der Waals surface area contributed by atoms with Gasteiger partial charge in [0, 0.05) is 5.56 Å². The first kappa shape index (κ1) is 13.8. The summed E-state index contributed by atoms with van der Waals surface area (Å²) in [5, 5.41) is 3.79. The molecule has 0 aliphatic carbocycles. The van der Waals surface area contributed by atoms with E-state index in [-0.39, 0.29) is 0 Å². The van der Waals surface area contributed by atoms with Crippen LogP contribution in [0.5, 0.6) is 0 Å². The summed E-state index contributed by atoms with van der Waals surface area (Å²) >= 11 is 0. The van der Waals surface area contributed by atoms with Crippen LogP contribution >= 0.6 is 0 Å². The fourth-order valence-electron chi connectivity index (χ4n) is 1.11. The fourth-order valence-corrected chi connectivity index (χ4v) is 1.11. The van der Waals surface area contributed by atoms with Crippen molar-refractivity contribution in [3.63, 3.8) is 0 Å². The Morgan fingerprint density at radius 1 is 1.33 bits per heavy atom. The Morgan fingerprint density at radius 2 is 2.06 bits per heavy atom. The van der Waals surface area contributed by atoms with E-state index in [1.807, 2.05) is 37.3 Å².